The summed E-state index contributed by atoms with van der Waals surface area (Å²) in [5.74, 6) is 0.529. The molecule has 2 amide bonds. The SMILES string of the molecule is Cc1cc(C(=O)NCC2CC(=O)N(C3CCCC3)C2)sc1C. The molecule has 1 aliphatic carbocycles. The Morgan fingerprint density at radius 2 is 2.09 bits per heavy atom. The molecule has 0 spiro atoms. The molecule has 1 atom stereocenters. The highest BCUT2D eigenvalue weighted by molar-refractivity contribution is 7.14. The molecular formula is C17H24N2O2S. The van der Waals surface area contributed by atoms with Gasteiger partial charge in [-0.05, 0) is 38.3 Å². The summed E-state index contributed by atoms with van der Waals surface area (Å²) in [4.78, 5) is 28.4. The molecule has 0 radical (unpaired) electrons. The van der Waals surface area contributed by atoms with Crippen LogP contribution in [-0.2, 0) is 4.79 Å². The summed E-state index contributed by atoms with van der Waals surface area (Å²) in [5, 5.41) is 3.01. The Labute approximate surface area is 135 Å². The first-order valence-corrected chi connectivity index (χ1v) is 9.01. The average molecular weight is 320 g/mol. The van der Waals surface area contributed by atoms with Gasteiger partial charge in [-0.2, -0.15) is 0 Å². The van der Waals surface area contributed by atoms with Gasteiger partial charge >= 0.3 is 0 Å². The standard InChI is InChI=1S/C17H24N2O2S/c1-11-7-15(22-12(11)2)17(21)18-9-13-8-16(20)19(10-13)14-5-3-4-6-14/h7,13-14H,3-6,8-10H2,1-2H3,(H,18,21). The fraction of sp³-hybridized carbons (Fsp3) is 0.647. The Kier molecular flexibility index (Phi) is 4.52. The number of hydrogen-bond donors (Lipinski definition) is 1. The predicted molar refractivity (Wildman–Crippen MR) is 88.2 cm³/mol. The summed E-state index contributed by atoms with van der Waals surface area (Å²) >= 11 is 1.54. The molecule has 120 valence electrons. The summed E-state index contributed by atoms with van der Waals surface area (Å²) in [7, 11) is 0. The minimum Gasteiger partial charge on any atom is -0.351 e. The van der Waals surface area contributed by atoms with E-state index in [1.165, 1.54) is 34.6 Å². The van der Waals surface area contributed by atoms with Crippen LogP contribution < -0.4 is 5.32 Å². The van der Waals surface area contributed by atoms with E-state index in [1.54, 1.807) is 0 Å². The first-order valence-electron chi connectivity index (χ1n) is 8.19. The summed E-state index contributed by atoms with van der Waals surface area (Å²) < 4.78 is 0. The van der Waals surface area contributed by atoms with Gasteiger partial charge in [0.1, 0.15) is 0 Å². The molecule has 2 heterocycles. The van der Waals surface area contributed by atoms with Crippen molar-refractivity contribution in [2.24, 2.45) is 5.92 Å². The van der Waals surface area contributed by atoms with Crippen molar-refractivity contribution in [2.75, 3.05) is 13.1 Å². The number of thiophene rings is 1. The maximum absolute atomic E-state index is 12.2. The molecule has 2 fully saturated rings. The van der Waals surface area contributed by atoms with Crippen LogP contribution >= 0.6 is 11.3 Å². The van der Waals surface area contributed by atoms with E-state index < -0.39 is 0 Å². The Hall–Kier alpha value is -1.36. The van der Waals surface area contributed by atoms with Crippen LogP contribution in [0.2, 0.25) is 0 Å². The van der Waals surface area contributed by atoms with Crippen molar-refractivity contribution in [3.05, 3.63) is 21.4 Å². The maximum atomic E-state index is 12.2. The number of amides is 2. The zero-order valence-electron chi connectivity index (χ0n) is 13.4. The lowest BCUT2D eigenvalue weighted by molar-refractivity contribution is -0.129. The molecule has 1 N–H and O–H groups in total. The molecule has 0 bridgehead atoms. The van der Waals surface area contributed by atoms with Gasteiger partial charge in [0.05, 0.1) is 4.88 Å². The molecule has 1 aromatic heterocycles. The predicted octanol–water partition coefficient (Wildman–Crippen LogP) is 2.89. The van der Waals surface area contributed by atoms with Crippen molar-refractivity contribution < 1.29 is 9.59 Å². The number of carbonyl (C=O) groups is 2. The van der Waals surface area contributed by atoms with Gasteiger partial charge in [-0.15, -0.1) is 11.3 Å². The van der Waals surface area contributed by atoms with E-state index in [2.05, 4.69) is 10.2 Å². The Morgan fingerprint density at radius 3 is 2.73 bits per heavy atom. The average Bonchev–Trinajstić information content (AvgIpc) is 3.18. The molecule has 4 nitrogen and oxygen atoms in total. The van der Waals surface area contributed by atoms with Crippen molar-refractivity contribution in [1.29, 1.82) is 0 Å². The van der Waals surface area contributed by atoms with E-state index in [1.807, 2.05) is 19.9 Å². The summed E-state index contributed by atoms with van der Waals surface area (Å²) in [6.45, 7) is 5.47. The first kappa shape index (κ1) is 15.5. The fourth-order valence-corrected chi connectivity index (χ4v) is 4.47. The van der Waals surface area contributed by atoms with Crippen molar-refractivity contribution in [2.45, 2.75) is 52.0 Å². The van der Waals surface area contributed by atoms with Crippen LogP contribution in [-0.4, -0.2) is 35.8 Å². The number of nitrogens with zero attached hydrogens (tertiary/aromatic N) is 1. The van der Waals surface area contributed by atoms with Gasteiger partial charge in [0.15, 0.2) is 0 Å². The number of rotatable bonds is 4. The van der Waals surface area contributed by atoms with Crippen molar-refractivity contribution in [3.8, 4) is 0 Å². The summed E-state index contributed by atoms with van der Waals surface area (Å²) in [5.41, 5.74) is 1.17. The Balaban J connectivity index is 1.51. The third kappa shape index (κ3) is 3.19. The molecule has 5 heteroatoms. The van der Waals surface area contributed by atoms with Crippen molar-refractivity contribution in [1.82, 2.24) is 10.2 Å². The molecular weight excluding hydrogens is 296 g/mol. The minimum absolute atomic E-state index is 0.00651. The number of hydrogen-bond acceptors (Lipinski definition) is 3. The third-order valence-corrected chi connectivity index (χ3v) is 6.10. The van der Waals surface area contributed by atoms with E-state index in [9.17, 15) is 9.59 Å². The fourth-order valence-electron chi connectivity index (χ4n) is 3.52. The van der Waals surface area contributed by atoms with Gasteiger partial charge in [0, 0.05) is 36.3 Å². The Morgan fingerprint density at radius 1 is 1.36 bits per heavy atom. The number of likely N-dealkylation sites (tertiary alicyclic amines) is 1. The van der Waals surface area contributed by atoms with Crippen molar-refractivity contribution in [3.63, 3.8) is 0 Å². The molecule has 1 saturated carbocycles. The summed E-state index contributed by atoms with van der Waals surface area (Å²) in [6.07, 6.45) is 5.37. The second kappa shape index (κ2) is 6.41. The lowest BCUT2D eigenvalue weighted by atomic mass is 10.1. The number of carbonyl (C=O) groups excluding carboxylic acids is 2. The first-order chi connectivity index (χ1) is 10.5. The highest BCUT2D eigenvalue weighted by Crippen LogP contribution is 2.29. The molecule has 1 aliphatic heterocycles. The third-order valence-electron chi connectivity index (χ3n) is 4.95. The smallest absolute Gasteiger partial charge is 0.261 e. The summed E-state index contributed by atoms with van der Waals surface area (Å²) in [6, 6.07) is 2.40. The molecule has 2 aliphatic rings. The van der Waals surface area contributed by atoms with Gasteiger partial charge in [-0.3, -0.25) is 9.59 Å². The number of nitrogens with one attached hydrogen (secondary N) is 1. The largest absolute Gasteiger partial charge is 0.351 e. The second-order valence-corrected chi connectivity index (χ2v) is 7.87. The van der Waals surface area contributed by atoms with Gasteiger partial charge in [-0.1, -0.05) is 12.8 Å². The van der Waals surface area contributed by atoms with Gasteiger partial charge in [0.25, 0.3) is 5.91 Å². The van der Waals surface area contributed by atoms with Crippen LogP contribution in [0, 0.1) is 19.8 Å². The van der Waals surface area contributed by atoms with Gasteiger partial charge in [-0.25, -0.2) is 0 Å². The monoisotopic (exact) mass is 320 g/mol. The quantitative estimate of drug-likeness (QED) is 0.927. The number of aryl methyl sites for hydroxylation is 2. The van der Waals surface area contributed by atoms with E-state index in [4.69, 9.17) is 0 Å². The van der Waals surface area contributed by atoms with Crippen LogP contribution in [0.15, 0.2) is 6.07 Å². The van der Waals surface area contributed by atoms with Crippen LogP contribution in [0.3, 0.4) is 0 Å². The topological polar surface area (TPSA) is 49.4 Å². The zero-order valence-corrected chi connectivity index (χ0v) is 14.2. The molecule has 22 heavy (non-hydrogen) atoms. The lowest BCUT2D eigenvalue weighted by Gasteiger charge is -2.24. The van der Waals surface area contributed by atoms with E-state index >= 15 is 0 Å². The van der Waals surface area contributed by atoms with E-state index in [0.717, 1.165) is 24.3 Å². The molecule has 3 rings (SSSR count). The van der Waals surface area contributed by atoms with Crippen LogP contribution in [0.1, 0.15) is 52.2 Å². The molecule has 0 aromatic carbocycles. The zero-order chi connectivity index (χ0) is 15.7. The minimum atomic E-state index is -0.00651. The van der Waals surface area contributed by atoms with Gasteiger partial charge < -0.3 is 10.2 Å². The molecule has 1 unspecified atom stereocenters. The highest BCUT2D eigenvalue weighted by atomic mass is 32.1. The van der Waals surface area contributed by atoms with Crippen LogP contribution in [0.5, 0.6) is 0 Å². The Bertz CT molecular complexity index is 556. The molecule has 1 aromatic rings. The van der Waals surface area contributed by atoms with Crippen LogP contribution in [0.25, 0.3) is 0 Å². The van der Waals surface area contributed by atoms with E-state index in [-0.39, 0.29) is 17.7 Å². The van der Waals surface area contributed by atoms with Gasteiger partial charge in [0.2, 0.25) is 5.91 Å². The van der Waals surface area contributed by atoms with Crippen molar-refractivity contribution >= 4 is 23.2 Å². The molecule has 1 saturated heterocycles. The second-order valence-electron chi connectivity index (χ2n) is 6.61. The maximum Gasteiger partial charge on any atom is 0.261 e. The van der Waals surface area contributed by atoms with Crippen LogP contribution in [0.4, 0.5) is 0 Å². The normalized spacial score (nSPS) is 22.5. The highest BCUT2D eigenvalue weighted by Gasteiger charge is 2.35. The van der Waals surface area contributed by atoms with E-state index in [0.29, 0.717) is 19.0 Å². The lowest BCUT2D eigenvalue weighted by Crippen LogP contribution is -2.35.